The van der Waals surface area contributed by atoms with Gasteiger partial charge in [-0.2, -0.15) is 8.78 Å². The molecule has 0 unspecified atom stereocenters. The van der Waals surface area contributed by atoms with Crippen molar-refractivity contribution in [3.8, 4) is 28.3 Å². The highest BCUT2D eigenvalue weighted by atomic mass is 19.3. The summed E-state index contributed by atoms with van der Waals surface area (Å²) in [4.78, 5) is 17.7. The molecule has 0 bridgehead atoms. The van der Waals surface area contributed by atoms with Crippen molar-refractivity contribution in [3.63, 3.8) is 0 Å². The van der Waals surface area contributed by atoms with E-state index in [9.17, 15) is 9.18 Å². The number of alkyl halides is 2. The zero-order valence-corrected chi connectivity index (χ0v) is 23.9. The summed E-state index contributed by atoms with van der Waals surface area (Å²) in [6, 6.07) is 18.2. The van der Waals surface area contributed by atoms with Gasteiger partial charge in [0.15, 0.2) is 17.4 Å². The van der Waals surface area contributed by atoms with Gasteiger partial charge < -0.3 is 15.2 Å². The molecule has 8 nitrogen and oxygen atoms in total. The summed E-state index contributed by atoms with van der Waals surface area (Å²) >= 11 is 0. The van der Waals surface area contributed by atoms with E-state index in [1.165, 1.54) is 36.5 Å². The lowest BCUT2D eigenvalue weighted by Gasteiger charge is -2.34. The van der Waals surface area contributed by atoms with Crippen LogP contribution < -0.4 is 10.5 Å². The molecule has 5 rings (SSSR count). The number of nitrogens with two attached hydrogens (primary N) is 1. The Morgan fingerprint density at radius 3 is 2.49 bits per heavy atom. The Balaban J connectivity index is 1.45. The van der Waals surface area contributed by atoms with Crippen LogP contribution in [0.3, 0.4) is 0 Å². The highest BCUT2D eigenvalue weighted by molar-refractivity contribution is 5.81. The van der Waals surface area contributed by atoms with E-state index in [0.717, 1.165) is 10.5 Å². The molecule has 0 radical (unpaired) electrons. The minimum Gasteiger partial charge on any atom is -0.485 e. The fourth-order valence-electron chi connectivity index (χ4n) is 4.61. The van der Waals surface area contributed by atoms with Crippen molar-refractivity contribution in [2.24, 2.45) is 0 Å². The Bertz CT molecular complexity index is 1670. The number of para-hydroxylation sites is 1. The zero-order chi connectivity index (χ0) is 30.8. The number of nitrogen functional groups attached to an aromatic ring is 1. The summed E-state index contributed by atoms with van der Waals surface area (Å²) in [6.07, 6.45) is 1.87. The van der Waals surface area contributed by atoms with E-state index in [1.807, 2.05) is 30.3 Å². The predicted molar refractivity (Wildman–Crippen MR) is 157 cm³/mol. The molecule has 1 amide bonds. The zero-order valence-electron chi connectivity index (χ0n) is 23.9. The van der Waals surface area contributed by atoms with Crippen LogP contribution in [0.5, 0.6) is 5.75 Å². The van der Waals surface area contributed by atoms with Crippen LogP contribution in [0.25, 0.3) is 28.1 Å². The van der Waals surface area contributed by atoms with E-state index < -0.39 is 30.0 Å². The lowest BCUT2D eigenvalue weighted by Crippen LogP contribution is -2.46. The van der Waals surface area contributed by atoms with Crippen LogP contribution in [0, 0.1) is 5.82 Å². The second-order valence-electron chi connectivity index (χ2n) is 11.0. The number of amides is 1. The highest BCUT2D eigenvalue weighted by Gasteiger charge is 2.42. The number of ether oxygens (including phenoxy) is 2. The van der Waals surface area contributed by atoms with Crippen LogP contribution in [0.1, 0.15) is 31.9 Å². The van der Waals surface area contributed by atoms with Crippen LogP contribution >= 0.6 is 0 Å². The first-order valence-corrected chi connectivity index (χ1v) is 13.5. The quantitative estimate of drug-likeness (QED) is 0.265. The maximum absolute atomic E-state index is 15.3. The Labute approximate surface area is 247 Å². The van der Waals surface area contributed by atoms with Gasteiger partial charge >= 0.3 is 6.09 Å². The van der Waals surface area contributed by atoms with E-state index in [0.29, 0.717) is 11.1 Å². The van der Waals surface area contributed by atoms with Gasteiger partial charge in [-0.15, -0.1) is 10.2 Å². The molecular weight excluding hydrogens is 559 g/mol. The van der Waals surface area contributed by atoms with Gasteiger partial charge in [-0.1, -0.05) is 42.5 Å². The first kappa shape index (κ1) is 29.6. The third-order valence-corrected chi connectivity index (χ3v) is 6.59. The number of hydrogen-bond acceptors (Lipinski definition) is 7. The van der Waals surface area contributed by atoms with Crippen molar-refractivity contribution in [2.45, 2.75) is 38.9 Å². The second kappa shape index (κ2) is 11.7. The SMILES string of the molecule is CC(C)(C)OC(=O)N1CC=C(c2ccnc(-c3cc(-c4cccc(F)c4OCc4ccccc4)nnc3N)c2)C(F)(F)C1. The monoisotopic (exact) mass is 589 g/mol. The smallest absolute Gasteiger partial charge is 0.410 e. The van der Waals surface area contributed by atoms with Crippen molar-refractivity contribution in [3.05, 3.63) is 95.9 Å². The Morgan fingerprint density at radius 1 is 1.00 bits per heavy atom. The number of aromatic nitrogens is 3. The molecular formula is C32H30F3N5O3. The van der Waals surface area contributed by atoms with Crippen LogP contribution in [-0.4, -0.2) is 50.8 Å². The summed E-state index contributed by atoms with van der Waals surface area (Å²) in [5.74, 6) is -3.94. The number of halogens is 3. The van der Waals surface area contributed by atoms with Crippen molar-refractivity contribution in [1.29, 1.82) is 0 Å². The third kappa shape index (κ3) is 6.77. The molecule has 2 aromatic heterocycles. The van der Waals surface area contributed by atoms with Crippen molar-refractivity contribution < 1.29 is 27.4 Å². The van der Waals surface area contributed by atoms with Gasteiger partial charge in [0, 0.05) is 29.4 Å². The molecule has 2 aromatic carbocycles. The molecule has 222 valence electrons. The minimum atomic E-state index is -3.35. The maximum atomic E-state index is 15.3. The maximum Gasteiger partial charge on any atom is 0.410 e. The third-order valence-electron chi connectivity index (χ3n) is 6.59. The van der Waals surface area contributed by atoms with Crippen LogP contribution in [0.2, 0.25) is 0 Å². The molecule has 11 heteroatoms. The Hall–Kier alpha value is -4.93. The van der Waals surface area contributed by atoms with Gasteiger partial charge in [0.05, 0.1) is 17.9 Å². The molecule has 0 atom stereocenters. The van der Waals surface area contributed by atoms with E-state index in [2.05, 4.69) is 15.2 Å². The number of rotatable bonds is 6. The van der Waals surface area contributed by atoms with E-state index in [1.54, 1.807) is 32.9 Å². The highest BCUT2D eigenvalue weighted by Crippen LogP contribution is 2.39. The number of hydrogen-bond donors (Lipinski definition) is 1. The predicted octanol–water partition coefficient (Wildman–Crippen LogP) is 6.78. The van der Waals surface area contributed by atoms with Gasteiger partial charge in [-0.25, -0.2) is 9.18 Å². The number of carbonyl (C=O) groups excluding carboxylic acids is 1. The number of anilines is 1. The topological polar surface area (TPSA) is 103 Å². The largest absolute Gasteiger partial charge is 0.485 e. The molecule has 1 aliphatic heterocycles. The molecule has 0 saturated carbocycles. The van der Waals surface area contributed by atoms with E-state index >= 15 is 8.78 Å². The molecule has 0 saturated heterocycles. The fraction of sp³-hybridized carbons (Fsp3) is 0.250. The van der Waals surface area contributed by atoms with Crippen molar-refractivity contribution in [1.82, 2.24) is 20.1 Å². The number of benzene rings is 2. The summed E-state index contributed by atoms with van der Waals surface area (Å²) in [5.41, 5.74) is 7.32. The average Bonchev–Trinajstić information content (AvgIpc) is 2.96. The van der Waals surface area contributed by atoms with Gasteiger partial charge in [0.2, 0.25) is 0 Å². The molecule has 1 aliphatic rings. The molecule has 3 heterocycles. The van der Waals surface area contributed by atoms with Crippen LogP contribution in [0.4, 0.5) is 23.8 Å². The summed E-state index contributed by atoms with van der Waals surface area (Å²) in [6.45, 7) is 4.26. The van der Waals surface area contributed by atoms with E-state index in [-0.39, 0.29) is 47.2 Å². The average molecular weight is 590 g/mol. The lowest BCUT2D eigenvalue weighted by molar-refractivity contribution is -0.0105. The normalized spacial score (nSPS) is 14.7. The standard InChI is InChI=1S/C32H30F3N5O3/c1-31(2,3)43-30(41)40-15-13-24(32(34,35)19-40)21-12-14-37-26(16-21)23-17-27(38-39-29(23)36)22-10-7-11-25(33)28(22)42-18-20-8-5-4-6-9-20/h4-14,16-17H,15,18-19H2,1-3H3,(H2,36,39). The summed E-state index contributed by atoms with van der Waals surface area (Å²) in [5, 5.41) is 8.19. The molecule has 0 fully saturated rings. The number of pyridine rings is 1. The van der Waals surface area contributed by atoms with Gasteiger partial charge in [0.1, 0.15) is 12.2 Å². The Morgan fingerprint density at radius 2 is 1.77 bits per heavy atom. The van der Waals surface area contributed by atoms with Gasteiger partial charge in [-0.05, 0) is 62.2 Å². The van der Waals surface area contributed by atoms with Crippen molar-refractivity contribution in [2.75, 3.05) is 18.8 Å². The number of nitrogens with zero attached hydrogens (tertiary/aromatic N) is 4. The first-order chi connectivity index (χ1) is 20.4. The summed E-state index contributed by atoms with van der Waals surface area (Å²) < 4.78 is 56.7. The molecule has 43 heavy (non-hydrogen) atoms. The number of carbonyl (C=O) groups is 1. The molecule has 4 aromatic rings. The van der Waals surface area contributed by atoms with E-state index in [4.69, 9.17) is 15.2 Å². The molecule has 0 aliphatic carbocycles. The molecule has 2 N–H and O–H groups in total. The van der Waals surface area contributed by atoms with Gasteiger partial charge in [-0.3, -0.25) is 9.88 Å². The lowest BCUT2D eigenvalue weighted by atomic mass is 9.95. The summed E-state index contributed by atoms with van der Waals surface area (Å²) in [7, 11) is 0. The first-order valence-electron chi connectivity index (χ1n) is 13.5. The van der Waals surface area contributed by atoms with Crippen LogP contribution in [0.15, 0.2) is 79.0 Å². The second-order valence-corrected chi connectivity index (χ2v) is 11.0. The van der Waals surface area contributed by atoms with Gasteiger partial charge in [0.25, 0.3) is 5.92 Å². The van der Waals surface area contributed by atoms with Crippen molar-refractivity contribution >= 4 is 17.5 Å². The Kier molecular flexibility index (Phi) is 8.08. The molecule has 0 spiro atoms. The minimum absolute atomic E-state index is 0.0111. The fourth-order valence-corrected chi connectivity index (χ4v) is 4.61. The van der Waals surface area contributed by atoms with Crippen LogP contribution in [-0.2, 0) is 11.3 Å².